The molecular formula is C10H13ClO2S2. The van der Waals surface area contributed by atoms with Gasteiger partial charge in [0.15, 0.2) is 0 Å². The zero-order valence-corrected chi connectivity index (χ0v) is 10.8. The Morgan fingerprint density at radius 3 is 2.40 bits per heavy atom. The third kappa shape index (κ3) is 6.07. The van der Waals surface area contributed by atoms with Gasteiger partial charge in [0.05, 0.1) is 5.75 Å². The van der Waals surface area contributed by atoms with Gasteiger partial charge in [-0.1, -0.05) is 17.7 Å². The van der Waals surface area contributed by atoms with E-state index in [2.05, 4.69) is 0 Å². The maximum atomic E-state index is 10.6. The molecule has 1 rings (SSSR count). The lowest BCUT2D eigenvalue weighted by Gasteiger charge is -2.00. The fourth-order valence-corrected chi connectivity index (χ4v) is 2.91. The monoisotopic (exact) mass is 264 g/mol. The van der Waals surface area contributed by atoms with Gasteiger partial charge in [0.2, 0.25) is 9.05 Å². The van der Waals surface area contributed by atoms with Crippen LogP contribution < -0.4 is 0 Å². The molecule has 84 valence electrons. The maximum absolute atomic E-state index is 10.6. The van der Waals surface area contributed by atoms with Crippen molar-refractivity contribution in [2.24, 2.45) is 0 Å². The lowest BCUT2D eigenvalue weighted by atomic mass is 10.2. The van der Waals surface area contributed by atoms with E-state index in [1.165, 1.54) is 5.56 Å². The van der Waals surface area contributed by atoms with Crippen LogP contribution in [0.15, 0.2) is 29.2 Å². The van der Waals surface area contributed by atoms with E-state index in [4.69, 9.17) is 10.7 Å². The van der Waals surface area contributed by atoms with Crippen molar-refractivity contribution >= 4 is 31.5 Å². The third-order valence-corrected chi connectivity index (χ3v) is 4.16. The number of hydrogen-bond donors (Lipinski definition) is 0. The Labute approximate surface area is 99.4 Å². The fourth-order valence-electron chi connectivity index (χ4n) is 1.06. The van der Waals surface area contributed by atoms with Gasteiger partial charge in [-0.3, -0.25) is 0 Å². The number of halogens is 1. The number of aryl methyl sites for hydroxylation is 1. The highest BCUT2D eigenvalue weighted by Gasteiger charge is 2.04. The second-order valence-electron chi connectivity index (χ2n) is 3.26. The Morgan fingerprint density at radius 2 is 1.87 bits per heavy atom. The predicted octanol–water partition coefficient (Wildman–Crippen LogP) is 3.05. The van der Waals surface area contributed by atoms with Crippen molar-refractivity contribution in [3.63, 3.8) is 0 Å². The average Bonchev–Trinajstić information content (AvgIpc) is 2.14. The van der Waals surface area contributed by atoms with E-state index in [0.29, 0.717) is 6.42 Å². The predicted molar refractivity (Wildman–Crippen MR) is 66.2 cm³/mol. The Hall–Kier alpha value is -0.190. The summed E-state index contributed by atoms with van der Waals surface area (Å²) < 4.78 is 21.3. The Morgan fingerprint density at radius 1 is 1.27 bits per heavy atom. The molecule has 0 N–H and O–H groups in total. The van der Waals surface area contributed by atoms with Gasteiger partial charge < -0.3 is 0 Å². The molecule has 0 aromatic heterocycles. The summed E-state index contributed by atoms with van der Waals surface area (Å²) in [4.78, 5) is 1.16. The number of thioether (sulfide) groups is 1. The average molecular weight is 265 g/mol. The van der Waals surface area contributed by atoms with Crippen LogP contribution in [0.25, 0.3) is 0 Å². The molecule has 2 nitrogen and oxygen atoms in total. The van der Waals surface area contributed by atoms with E-state index in [9.17, 15) is 8.42 Å². The molecule has 0 aliphatic rings. The lowest BCUT2D eigenvalue weighted by molar-refractivity contribution is 0.608. The van der Waals surface area contributed by atoms with Crippen molar-refractivity contribution in [2.75, 3.05) is 11.5 Å². The number of benzene rings is 1. The first kappa shape index (κ1) is 12.9. The van der Waals surface area contributed by atoms with Gasteiger partial charge in [-0.25, -0.2) is 8.42 Å². The van der Waals surface area contributed by atoms with E-state index in [1.54, 1.807) is 11.8 Å². The zero-order chi connectivity index (χ0) is 11.3. The fraction of sp³-hybridized carbons (Fsp3) is 0.400. The summed E-state index contributed by atoms with van der Waals surface area (Å²) in [5.74, 6) is 0.822. The molecule has 0 aliphatic heterocycles. The van der Waals surface area contributed by atoms with Crippen molar-refractivity contribution in [3.8, 4) is 0 Å². The molecule has 0 radical (unpaired) electrons. The van der Waals surface area contributed by atoms with E-state index in [-0.39, 0.29) is 5.75 Å². The highest BCUT2D eigenvalue weighted by atomic mass is 35.7. The van der Waals surface area contributed by atoms with E-state index >= 15 is 0 Å². The highest BCUT2D eigenvalue weighted by molar-refractivity contribution is 8.13. The standard InChI is InChI=1S/C10H13ClO2S2/c1-9-3-5-10(6-4-9)14-7-2-8-15(11,12)13/h3-6H,2,7-8H2,1H3. The van der Waals surface area contributed by atoms with Gasteiger partial charge in [-0.05, 0) is 31.2 Å². The lowest BCUT2D eigenvalue weighted by Crippen LogP contribution is -1.97. The van der Waals surface area contributed by atoms with Crippen LogP contribution in [0, 0.1) is 6.92 Å². The van der Waals surface area contributed by atoms with Gasteiger partial charge in [0.25, 0.3) is 0 Å². The SMILES string of the molecule is Cc1ccc(SCCCS(=O)(=O)Cl)cc1. The molecule has 0 saturated carbocycles. The maximum Gasteiger partial charge on any atom is 0.232 e. The van der Waals surface area contributed by atoms with Crippen LogP contribution in [0.5, 0.6) is 0 Å². The Kier molecular flexibility index (Phi) is 4.96. The minimum atomic E-state index is -3.33. The largest absolute Gasteiger partial charge is 0.232 e. The molecule has 1 aromatic carbocycles. The van der Waals surface area contributed by atoms with Gasteiger partial charge in [0, 0.05) is 15.6 Å². The zero-order valence-electron chi connectivity index (χ0n) is 8.44. The van der Waals surface area contributed by atoms with Crippen LogP contribution in [0.3, 0.4) is 0 Å². The molecule has 0 unspecified atom stereocenters. The first-order valence-electron chi connectivity index (χ1n) is 4.59. The second kappa shape index (κ2) is 5.77. The second-order valence-corrected chi connectivity index (χ2v) is 7.32. The van der Waals surface area contributed by atoms with Crippen LogP contribution in [0.4, 0.5) is 0 Å². The first-order valence-corrected chi connectivity index (χ1v) is 8.05. The van der Waals surface area contributed by atoms with Crippen molar-refractivity contribution in [1.29, 1.82) is 0 Å². The summed E-state index contributed by atoms with van der Waals surface area (Å²) in [7, 11) is 1.77. The van der Waals surface area contributed by atoms with Crippen molar-refractivity contribution < 1.29 is 8.42 Å². The Bertz CT molecular complexity index is 398. The summed E-state index contributed by atoms with van der Waals surface area (Å²) in [6, 6.07) is 8.16. The van der Waals surface area contributed by atoms with Crippen LogP contribution in [-0.4, -0.2) is 19.9 Å². The molecule has 15 heavy (non-hydrogen) atoms. The molecule has 0 spiro atoms. The topological polar surface area (TPSA) is 34.1 Å². The van der Waals surface area contributed by atoms with Crippen molar-refractivity contribution in [3.05, 3.63) is 29.8 Å². The molecule has 0 bridgehead atoms. The molecule has 0 aliphatic carbocycles. The van der Waals surface area contributed by atoms with Crippen LogP contribution >= 0.6 is 22.4 Å². The quantitative estimate of drug-likeness (QED) is 0.466. The Balaban J connectivity index is 2.29. The molecule has 1 aromatic rings. The normalized spacial score (nSPS) is 11.6. The number of hydrogen-bond acceptors (Lipinski definition) is 3. The van der Waals surface area contributed by atoms with E-state index < -0.39 is 9.05 Å². The summed E-state index contributed by atoms with van der Waals surface area (Å²) in [5, 5.41) is 0. The number of rotatable bonds is 5. The third-order valence-electron chi connectivity index (χ3n) is 1.82. The van der Waals surface area contributed by atoms with E-state index in [0.717, 1.165) is 10.6 Å². The molecule has 0 fully saturated rings. The molecule has 0 atom stereocenters. The minimum Gasteiger partial charge on any atom is -0.212 e. The highest BCUT2D eigenvalue weighted by Crippen LogP contribution is 2.19. The molecule has 0 saturated heterocycles. The van der Waals surface area contributed by atoms with E-state index in [1.807, 2.05) is 31.2 Å². The van der Waals surface area contributed by atoms with Gasteiger partial charge in [-0.15, -0.1) is 11.8 Å². The van der Waals surface area contributed by atoms with Crippen LogP contribution in [0.1, 0.15) is 12.0 Å². The van der Waals surface area contributed by atoms with Gasteiger partial charge in [-0.2, -0.15) is 0 Å². The molecule has 0 heterocycles. The molecule has 5 heteroatoms. The molecule has 0 amide bonds. The summed E-state index contributed by atoms with van der Waals surface area (Å²) in [5.41, 5.74) is 1.22. The summed E-state index contributed by atoms with van der Waals surface area (Å²) in [6.07, 6.45) is 0.588. The smallest absolute Gasteiger partial charge is 0.212 e. The van der Waals surface area contributed by atoms with Crippen LogP contribution in [0.2, 0.25) is 0 Å². The minimum absolute atomic E-state index is 0.0490. The van der Waals surface area contributed by atoms with Crippen molar-refractivity contribution in [2.45, 2.75) is 18.2 Å². The summed E-state index contributed by atoms with van der Waals surface area (Å²) >= 11 is 1.65. The van der Waals surface area contributed by atoms with Gasteiger partial charge >= 0.3 is 0 Å². The van der Waals surface area contributed by atoms with Crippen LogP contribution in [-0.2, 0) is 9.05 Å². The van der Waals surface area contributed by atoms with Crippen molar-refractivity contribution in [1.82, 2.24) is 0 Å². The first-order chi connectivity index (χ1) is 6.97. The summed E-state index contributed by atoms with van der Waals surface area (Å²) in [6.45, 7) is 2.04. The molecular weight excluding hydrogens is 252 g/mol. The van der Waals surface area contributed by atoms with Gasteiger partial charge in [0.1, 0.15) is 0 Å².